The lowest BCUT2D eigenvalue weighted by Gasteiger charge is -2.45. The van der Waals surface area contributed by atoms with E-state index in [1.807, 2.05) is 7.05 Å². The van der Waals surface area contributed by atoms with Gasteiger partial charge in [0.15, 0.2) is 0 Å². The molecule has 5 rings (SSSR count). The van der Waals surface area contributed by atoms with Crippen LogP contribution < -0.4 is 0 Å². The monoisotopic (exact) mass is 481 g/mol. The van der Waals surface area contributed by atoms with Crippen molar-refractivity contribution in [3.05, 3.63) is 29.3 Å². The molecule has 2 saturated heterocycles. The molecule has 4 aliphatic rings. The van der Waals surface area contributed by atoms with Crippen molar-refractivity contribution in [1.29, 1.82) is 0 Å². The number of halogens is 1. The Morgan fingerprint density at radius 1 is 1.03 bits per heavy atom. The van der Waals surface area contributed by atoms with Crippen molar-refractivity contribution < 1.29 is 17.9 Å². The fourth-order valence-corrected chi connectivity index (χ4v) is 7.47. The number of amides is 1. The molecule has 0 aromatic heterocycles. The number of rotatable bonds is 5. The highest BCUT2D eigenvalue weighted by Gasteiger charge is 2.61. The minimum Gasteiger partial charge on any atom is -0.441 e. The summed E-state index contributed by atoms with van der Waals surface area (Å²) < 4.78 is 35.6. The first-order valence-corrected chi connectivity index (χ1v) is 13.6. The minimum atomic E-state index is -3.73. The van der Waals surface area contributed by atoms with Crippen molar-refractivity contribution in [2.24, 2.45) is 5.92 Å². The summed E-state index contributed by atoms with van der Waals surface area (Å²) in [4.78, 5) is 17.2. The highest BCUT2D eigenvalue weighted by atomic mass is 35.5. The number of likely N-dealkylation sites (N-methyl/N-ethyl adjacent to an activating group) is 1. The van der Waals surface area contributed by atoms with E-state index in [4.69, 9.17) is 16.3 Å². The lowest BCUT2D eigenvalue weighted by Crippen LogP contribution is -2.58. The number of benzene rings is 1. The molecule has 1 aromatic carbocycles. The van der Waals surface area contributed by atoms with E-state index in [2.05, 4.69) is 4.90 Å². The summed E-state index contributed by atoms with van der Waals surface area (Å²) in [5, 5.41) is 0.512. The number of sulfonamides is 1. The molecule has 4 fully saturated rings. The Morgan fingerprint density at radius 2 is 1.69 bits per heavy atom. The molecular formula is C23H32ClN3O4S. The summed E-state index contributed by atoms with van der Waals surface area (Å²) >= 11 is 6.01. The maximum Gasteiger partial charge on any atom is 0.410 e. The van der Waals surface area contributed by atoms with Crippen molar-refractivity contribution in [1.82, 2.24) is 14.1 Å². The first-order chi connectivity index (χ1) is 15.3. The Kier molecular flexibility index (Phi) is 5.93. The number of ether oxygens (including phenoxy) is 1. The maximum atomic E-state index is 13.9. The van der Waals surface area contributed by atoms with Gasteiger partial charge in [0.05, 0.1) is 10.9 Å². The van der Waals surface area contributed by atoms with Crippen molar-refractivity contribution >= 4 is 27.7 Å². The zero-order chi connectivity index (χ0) is 22.5. The van der Waals surface area contributed by atoms with Crippen LogP contribution in [0.25, 0.3) is 0 Å². The Labute approximate surface area is 195 Å². The van der Waals surface area contributed by atoms with Crippen molar-refractivity contribution in [2.75, 3.05) is 33.2 Å². The maximum absolute atomic E-state index is 13.9. The summed E-state index contributed by atoms with van der Waals surface area (Å²) in [5.74, 6) is 0.406. The number of piperidine rings is 1. The molecule has 32 heavy (non-hydrogen) atoms. The highest BCUT2D eigenvalue weighted by molar-refractivity contribution is 7.89. The molecule has 2 heterocycles. The van der Waals surface area contributed by atoms with Crippen molar-refractivity contribution in [3.63, 3.8) is 0 Å². The number of carbonyl (C=O) groups is 1. The van der Waals surface area contributed by atoms with Crippen LogP contribution in [0.4, 0.5) is 4.79 Å². The Balaban J connectivity index is 1.42. The molecule has 0 spiro atoms. The number of hydrogen-bond donors (Lipinski definition) is 0. The molecule has 2 aliphatic heterocycles. The molecule has 176 valence electrons. The van der Waals surface area contributed by atoms with Crippen LogP contribution in [0.5, 0.6) is 0 Å². The van der Waals surface area contributed by atoms with Gasteiger partial charge >= 0.3 is 6.09 Å². The summed E-state index contributed by atoms with van der Waals surface area (Å²) in [6.07, 6.45) is 5.85. The topological polar surface area (TPSA) is 70.2 Å². The molecule has 0 bridgehead atoms. The fraction of sp³-hybridized carbons (Fsp3) is 0.696. The van der Waals surface area contributed by atoms with E-state index in [0.717, 1.165) is 58.0 Å². The van der Waals surface area contributed by atoms with Crippen LogP contribution in [0.2, 0.25) is 5.02 Å². The molecule has 7 nitrogen and oxygen atoms in total. The second-order valence-electron chi connectivity index (χ2n) is 9.86. The number of nitrogens with zero attached hydrogens (tertiary/aromatic N) is 3. The second-order valence-corrected chi connectivity index (χ2v) is 12.1. The quantitative estimate of drug-likeness (QED) is 0.643. The molecule has 0 radical (unpaired) electrons. The van der Waals surface area contributed by atoms with Crippen LogP contribution in [0.3, 0.4) is 0 Å². The van der Waals surface area contributed by atoms with E-state index in [1.54, 1.807) is 33.5 Å². The van der Waals surface area contributed by atoms with E-state index in [0.29, 0.717) is 24.0 Å². The smallest absolute Gasteiger partial charge is 0.410 e. The first kappa shape index (κ1) is 22.4. The van der Waals surface area contributed by atoms with Crippen LogP contribution in [-0.4, -0.2) is 79.5 Å². The van der Waals surface area contributed by atoms with Crippen molar-refractivity contribution in [2.45, 2.75) is 67.5 Å². The normalized spacial score (nSPS) is 29.0. The number of carbonyl (C=O) groups excluding carboxylic acids is 1. The predicted molar refractivity (Wildman–Crippen MR) is 122 cm³/mol. The van der Waals surface area contributed by atoms with Gasteiger partial charge in [0.1, 0.15) is 5.60 Å². The third-order valence-corrected chi connectivity index (χ3v) is 9.77. The molecule has 2 atom stereocenters. The summed E-state index contributed by atoms with van der Waals surface area (Å²) in [6, 6.07) is 6.10. The van der Waals surface area contributed by atoms with Gasteiger partial charge in [-0.25, -0.2) is 13.2 Å². The van der Waals surface area contributed by atoms with Gasteiger partial charge in [-0.15, -0.1) is 0 Å². The zero-order valence-electron chi connectivity index (χ0n) is 18.6. The zero-order valence-corrected chi connectivity index (χ0v) is 20.2. The van der Waals surface area contributed by atoms with Crippen LogP contribution in [0.15, 0.2) is 29.2 Å². The average Bonchev–Trinajstić information content (AvgIpc) is 3.69. The molecule has 1 aromatic rings. The molecule has 1 amide bonds. The van der Waals surface area contributed by atoms with Crippen molar-refractivity contribution in [3.8, 4) is 0 Å². The first-order valence-electron chi connectivity index (χ1n) is 11.8. The van der Waals surface area contributed by atoms with Gasteiger partial charge in [-0.2, -0.15) is 4.31 Å². The van der Waals surface area contributed by atoms with Gasteiger partial charge < -0.3 is 14.5 Å². The van der Waals surface area contributed by atoms with Gasteiger partial charge in [-0.1, -0.05) is 18.0 Å². The van der Waals surface area contributed by atoms with E-state index in [1.165, 1.54) is 0 Å². The SMILES string of the molecule is CN1CCN(C(=O)OC2([C@H]3CCC[C@@H](C4CC4)N3S(=O)(=O)c3ccc(Cl)cc3)CC2)CC1. The number of hydrogen-bond acceptors (Lipinski definition) is 5. The Hall–Kier alpha value is -1.35. The van der Waals surface area contributed by atoms with Crippen LogP contribution >= 0.6 is 11.6 Å². The Morgan fingerprint density at radius 3 is 2.28 bits per heavy atom. The van der Waals surface area contributed by atoms with E-state index >= 15 is 0 Å². The highest BCUT2D eigenvalue weighted by Crippen LogP contribution is 2.53. The van der Waals surface area contributed by atoms with E-state index < -0.39 is 15.6 Å². The molecular weight excluding hydrogens is 450 g/mol. The number of piperazine rings is 1. The molecule has 2 saturated carbocycles. The van der Waals surface area contributed by atoms with E-state index in [9.17, 15) is 13.2 Å². The summed E-state index contributed by atoms with van der Waals surface area (Å²) in [5.41, 5.74) is -0.701. The second kappa shape index (κ2) is 8.46. The lowest BCUT2D eigenvalue weighted by atomic mass is 9.91. The van der Waals surface area contributed by atoms with E-state index in [-0.39, 0.29) is 23.1 Å². The minimum absolute atomic E-state index is 0.0192. The molecule has 0 N–H and O–H groups in total. The third kappa shape index (κ3) is 4.27. The average molecular weight is 482 g/mol. The van der Waals surface area contributed by atoms with Crippen LogP contribution in [-0.2, 0) is 14.8 Å². The summed E-state index contributed by atoms with van der Waals surface area (Å²) in [7, 11) is -1.68. The lowest BCUT2D eigenvalue weighted by molar-refractivity contribution is -0.0151. The summed E-state index contributed by atoms with van der Waals surface area (Å²) in [6.45, 7) is 2.94. The van der Waals surface area contributed by atoms with Gasteiger partial charge in [-0.05, 0) is 75.8 Å². The van der Waals surface area contributed by atoms with Crippen LogP contribution in [0.1, 0.15) is 44.9 Å². The third-order valence-electron chi connectivity index (χ3n) is 7.57. The molecule has 2 aliphatic carbocycles. The van der Waals surface area contributed by atoms with Gasteiger partial charge in [-0.3, -0.25) is 0 Å². The Bertz CT molecular complexity index is 954. The standard InChI is InChI=1S/C23H32ClN3O4S/c1-25-13-15-26(16-14-25)22(28)31-23(11-12-23)21-4-2-3-20(17-5-6-17)27(21)32(29,30)19-9-7-18(24)8-10-19/h7-10,17,20-21H,2-6,11-16H2,1H3/t20-,21+/m0/s1. The van der Waals surface area contributed by atoms with Gasteiger partial charge in [0.25, 0.3) is 0 Å². The predicted octanol–water partition coefficient (Wildman–Crippen LogP) is 3.58. The fourth-order valence-electron chi connectivity index (χ4n) is 5.35. The van der Waals surface area contributed by atoms with Gasteiger partial charge in [0, 0.05) is 37.2 Å². The van der Waals surface area contributed by atoms with Crippen LogP contribution in [0, 0.1) is 5.92 Å². The largest absolute Gasteiger partial charge is 0.441 e. The molecule has 0 unspecified atom stereocenters. The van der Waals surface area contributed by atoms with Gasteiger partial charge in [0.2, 0.25) is 10.0 Å². The molecule has 9 heteroatoms.